The number of hydrogen-bond acceptors (Lipinski definition) is 3. The maximum Gasteiger partial charge on any atom is 0.208 e. The van der Waals surface area contributed by atoms with Crippen LogP contribution in [0.2, 0.25) is 19.6 Å². The first-order valence-corrected chi connectivity index (χ1v) is 11.8. The van der Waals surface area contributed by atoms with Crippen molar-refractivity contribution in [3.8, 4) is 0 Å². The third-order valence-corrected chi connectivity index (χ3v) is 5.61. The molecule has 0 fully saturated rings. The molecule has 4 nitrogen and oxygen atoms in total. The van der Waals surface area contributed by atoms with E-state index in [1.807, 2.05) is 0 Å². The summed E-state index contributed by atoms with van der Waals surface area (Å²) in [5.74, 6) is 0. The van der Waals surface area contributed by atoms with E-state index < -0.39 is 18.1 Å². The maximum absolute atomic E-state index is 10.9. The van der Waals surface area contributed by atoms with E-state index in [2.05, 4.69) is 53.9 Å². The van der Waals surface area contributed by atoms with Gasteiger partial charge in [0, 0.05) is 19.6 Å². The fraction of sp³-hybridized carbons (Fsp3) is 0.538. The molecule has 0 amide bonds. The van der Waals surface area contributed by atoms with E-state index in [4.69, 9.17) is 0 Å². The normalized spacial score (nSPS) is 12.6. The van der Waals surface area contributed by atoms with Crippen molar-refractivity contribution >= 4 is 23.3 Å². The molecule has 0 heterocycles. The zero-order valence-corrected chi connectivity index (χ0v) is 14.0. The topological polar surface area (TPSA) is 58.2 Å². The lowest BCUT2D eigenvalue weighted by Crippen LogP contribution is -2.37. The molecule has 6 heteroatoms. The van der Waals surface area contributed by atoms with Gasteiger partial charge in [-0.25, -0.2) is 13.1 Å². The van der Waals surface area contributed by atoms with Crippen LogP contribution in [0.4, 0.5) is 0 Å². The van der Waals surface area contributed by atoms with Gasteiger partial charge in [0.2, 0.25) is 10.0 Å². The van der Waals surface area contributed by atoms with Crippen LogP contribution in [0.3, 0.4) is 0 Å². The number of hydrogen-bond donors (Lipinski definition) is 2. The van der Waals surface area contributed by atoms with Crippen LogP contribution in [0.25, 0.3) is 0 Å². The van der Waals surface area contributed by atoms with Gasteiger partial charge in [0.1, 0.15) is 0 Å². The Labute approximate surface area is 117 Å². The first kappa shape index (κ1) is 16.4. The van der Waals surface area contributed by atoms with E-state index in [-0.39, 0.29) is 0 Å². The highest BCUT2D eigenvalue weighted by molar-refractivity contribution is 7.88. The zero-order valence-electron chi connectivity index (χ0n) is 12.2. The van der Waals surface area contributed by atoms with Crippen molar-refractivity contribution < 1.29 is 8.42 Å². The van der Waals surface area contributed by atoms with Crippen LogP contribution in [-0.4, -0.2) is 35.8 Å². The lowest BCUT2D eigenvalue weighted by molar-refractivity contribution is 0.582. The van der Waals surface area contributed by atoms with Crippen molar-refractivity contribution in [1.82, 2.24) is 10.0 Å². The van der Waals surface area contributed by atoms with Crippen molar-refractivity contribution in [2.24, 2.45) is 0 Å². The van der Waals surface area contributed by atoms with Crippen LogP contribution in [0.1, 0.15) is 5.56 Å². The second-order valence-corrected chi connectivity index (χ2v) is 12.7. The van der Waals surface area contributed by atoms with Gasteiger partial charge in [-0.3, -0.25) is 0 Å². The molecule has 1 aromatic carbocycles. The summed E-state index contributed by atoms with van der Waals surface area (Å²) >= 11 is 0. The number of rotatable bonds is 7. The summed E-state index contributed by atoms with van der Waals surface area (Å²) in [7, 11) is -4.29. The second kappa shape index (κ2) is 6.65. The van der Waals surface area contributed by atoms with E-state index in [1.165, 1.54) is 17.0 Å². The van der Waals surface area contributed by atoms with Crippen LogP contribution in [0.15, 0.2) is 24.3 Å². The average molecular weight is 300 g/mol. The molecule has 1 rings (SSSR count). The lowest BCUT2D eigenvalue weighted by atomic mass is 10.2. The quantitative estimate of drug-likeness (QED) is 0.580. The molecule has 19 heavy (non-hydrogen) atoms. The first-order chi connectivity index (χ1) is 8.68. The molecular weight excluding hydrogens is 276 g/mol. The van der Waals surface area contributed by atoms with Crippen LogP contribution in [0, 0.1) is 0 Å². The molecule has 0 saturated heterocycles. The minimum atomic E-state index is -3.08. The monoisotopic (exact) mass is 300 g/mol. The van der Waals surface area contributed by atoms with Crippen LogP contribution >= 0.6 is 0 Å². The lowest BCUT2D eigenvalue weighted by Gasteiger charge is -2.16. The number of sulfonamides is 1. The molecule has 0 aliphatic carbocycles. The van der Waals surface area contributed by atoms with Crippen molar-refractivity contribution in [2.75, 3.05) is 19.3 Å². The highest BCUT2D eigenvalue weighted by Gasteiger charge is 2.15. The van der Waals surface area contributed by atoms with E-state index in [0.717, 1.165) is 6.54 Å². The second-order valence-electron chi connectivity index (χ2n) is 5.79. The smallest absolute Gasteiger partial charge is 0.208 e. The Hall–Kier alpha value is -0.693. The van der Waals surface area contributed by atoms with Crippen LogP contribution < -0.4 is 15.2 Å². The Morgan fingerprint density at radius 3 is 2.11 bits per heavy atom. The molecule has 0 spiro atoms. The average Bonchev–Trinajstić information content (AvgIpc) is 2.26. The van der Waals surface area contributed by atoms with Gasteiger partial charge in [-0.05, 0) is 5.56 Å². The Balaban J connectivity index is 2.35. The number of nitrogens with one attached hydrogen (secondary N) is 2. The maximum atomic E-state index is 10.9. The summed E-state index contributed by atoms with van der Waals surface area (Å²) in [6, 6.07) is 8.70. The third-order valence-electron chi connectivity index (χ3n) is 2.82. The molecule has 0 aliphatic rings. The van der Waals surface area contributed by atoms with Crippen LogP contribution in [0.5, 0.6) is 0 Å². The first-order valence-electron chi connectivity index (χ1n) is 6.43. The molecule has 0 unspecified atom stereocenters. The Morgan fingerprint density at radius 1 is 1.05 bits per heavy atom. The van der Waals surface area contributed by atoms with Gasteiger partial charge < -0.3 is 5.32 Å². The predicted octanol–water partition coefficient (Wildman–Crippen LogP) is 0.871. The molecular formula is C13H24N2O2SSi. The van der Waals surface area contributed by atoms with Gasteiger partial charge >= 0.3 is 0 Å². The van der Waals surface area contributed by atoms with Crippen LogP contribution in [-0.2, 0) is 16.6 Å². The molecule has 108 valence electrons. The van der Waals surface area contributed by atoms with Crippen molar-refractivity contribution in [2.45, 2.75) is 26.2 Å². The summed E-state index contributed by atoms with van der Waals surface area (Å²) in [5, 5.41) is 4.67. The SMILES string of the molecule is C[Si](C)(C)c1ccc(CNCCNS(C)(=O)=O)cc1. The summed E-state index contributed by atoms with van der Waals surface area (Å²) < 4.78 is 24.2. The van der Waals surface area contributed by atoms with E-state index in [0.29, 0.717) is 13.1 Å². The van der Waals surface area contributed by atoms with Crippen molar-refractivity contribution in [3.63, 3.8) is 0 Å². The Kier molecular flexibility index (Phi) is 5.73. The minimum absolute atomic E-state index is 0.422. The van der Waals surface area contributed by atoms with Gasteiger partial charge in [-0.2, -0.15) is 0 Å². The Bertz CT molecular complexity index is 492. The summed E-state index contributed by atoms with van der Waals surface area (Å²) in [6.45, 7) is 8.80. The predicted molar refractivity (Wildman–Crippen MR) is 84.0 cm³/mol. The largest absolute Gasteiger partial charge is 0.311 e. The highest BCUT2D eigenvalue weighted by Crippen LogP contribution is 2.04. The highest BCUT2D eigenvalue weighted by atomic mass is 32.2. The molecule has 0 atom stereocenters. The molecule has 0 bridgehead atoms. The molecule has 0 saturated carbocycles. The summed E-state index contributed by atoms with van der Waals surface area (Å²) in [4.78, 5) is 0. The standard InChI is InChI=1S/C13H24N2O2SSi/c1-18(16,17)15-10-9-14-11-12-5-7-13(8-6-12)19(2,3)4/h5-8,14-15H,9-11H2,1-4H3. The molecule has 0 aromatic heterocycles. The molecule has 0 radical (unpaired) electrons. The minimum Gasteiger partial charge on any atom is -0.311 e. The van der Waals surface area contributed by atoms with Gasteiger partial charge in [-0.15, -0.1) is 0 Å². The van der Waals surface area contributed by atoms with Crippen molar-refractivity contribution in [1.29, 1.82) is 0 Å². The summed E-state index contributed by atoms with van der Waals surface area (Å²) in [6.07, 6.45) is 1.17. The molecule has 0 aliphatic heterocycles. The fourth-order valence-corrected chi connectivity index (χ4v) is 3.32. The van der Waals surface area contributed by atoms with E-state index in [1.54, 1.807) is 0 Å². The molecule has 1 aromatic rings. The van der Waals surface area contributed by atoms with Gasteiger partial charge in [0.25, 0.3) is 0 Å². The van der Waals surface area contributed by atoms with Gasteiger partial charge in [-0.1, -0.05) is 49.1 Å². The Morgan fingerprint density at radius 2 is 1.63 bits per heavy atom. The number of benzene rings is 1. The zero-order chi connectivity index (χ0) is 14.5. The van der Waals surface area contributed by atoms with E-state index in [9.17, 15) is 8.42 Å². The van der Waals surface area contributed by atoms with Gasteiger partial charge in [0.15, 0.2) is 0 Å². The van der Waals surface area contributed by atoms with Crippen molar-refractivity contribution in [3.05, 3.63) is 29.8 Å². The molecule has 2 N–H and O–H groups in total. The fourth-order valence-electron chi connectivity index (χ4n) is 1.68. The van der Waals surface area contributed by atoms with Gasteiger partial charge in [0.05, 0.1) is 14.3 Å². The third kappa shape index (κ3) is 6.86. The van der Waals surface area contributed by atoms with E-state index >= 15 is 0 Å². The summed E-state index contributed by atoms with van der Waals surface area (Å²) in [5.41, 5.74) is 1.22.